The topological polar surface area (TPSA) is 94.8 Å². The lowest BCUT2D eigenvalue weighted by atomic mass is 9.82. The van der Waals surface area contributed by atoms with Crippen LogP contribution in [0.2, 0.25) is 0 Å². The number of alkyl carbamates (subject to hydrolysis) is 1. The summed E-state index contributed by atoms with van der Waals surface area (Å²) in [5.41, 5.74) is 2.73. The largest absolute Gasteiger partial charge is 0.444 e. The number of hydrogen-bond donors (Lipinski definition) is 1. The van der Waals surface area contributed by atoms with E-state index in [0.29, 0.717) is 54.2 Å². The number of rotatable bonds is 6. The fraction of sp³-hybridized carbons (Fsp3) is 0.452. The molecule has 0 aliphatic heterocycles. The lowest BCUT2D eigenvalue weighted by Crippen LogP contribution is -2.36. The Morgan fingerprint density at radius 1 is 0.974 bits per heavy atom. The van der Waals surface area contributed by atoms with Crippen LogP contribution in [-0.4, -0.2) is 24.2 Å². The Kier molecular flexibility index (Phi) is 8.24. The molecule has 7 heteroatoms. The third kappa shape index (κ3) is 6.63. The third-order valence-corrected chi connectivity index (χ3v) is 7.20. The van der Waals surface area contributed by atoms with Crippen LogP contribution in [0.25, 0.3) is 11.0 Å². The minimum Gasteiger partial charge on any atom is -0.444 e. The van der Waals surface area contributed by atoms with Crippen LogP contribution in [0.4, 0.5) is 4.79 Å². The van der Waals surface area contributed by atoms with Gasteiger partial charge in [0.2, 0.25) is 0 Å². The van der Waals surface area contributed by atoms with Crippen molar-refractivity contribution in [2.24, 2.45) is 11.8 Å². The standard InChI is InChI=1S/C31H37NO6/c1-19-24-15-16-26(20(2)27(24)37-29(34)25(19)17-21-9-7-6-8-10-21)36-28(33)23-13-11-22(12-14-23)18-32-30(35)38-31(3,4)5/h6-10,15-16,22-23H,11-14,17-18H2,1-5H3,(H,32,35). The van der Waals surface area contributed by atoms with Crippen molar-refractivity contribution in [1.29, 1.82) is 0 Å². The van der Waals surface area contributed by atoms with Crippen LogP contribution in [0, 0.1) is 25.7 Å². The molecule has 0 spiro atoms. The Morgan fingerprint density at radius 3 is 2.32 bits per heavy atom. The van der Waals surface area contributed by atoms with Gasteiger partial charge in [0.1, 0.15) is 16.9 Å². The van der Waals surface area contributed by atoms with Crippen molar-refractivity contribution in [1.82, 2.24) is 5.32 Å². The van der Waals surface area contributed by atoms with Gasteiger partial charge >= 0.3 is 17.7 Å². The Bertz CT molecular complexity index is 1360. The summed E-state index contributed by atoms with van der Waals surface area (Å²) in [6, 6.07) is 13.5. The molecule has 1 aliphatic rings. The molecule has 1 N–H and O–H groups in total. The van der Waals surface area contributed by atoms with Crippen LogP contribution in [0.1, 0.15) is 68.7 Å². The van der Waals surface area contributed by atoms with Gasteiger partial charge in [-0.2, -0.15) is 0 Å². The molecule has 2 aromatic carbocycles. The Morgan fingerprint density at radius 2 is 1.66 bits per heavy atom. The highest BCUT2D eigenvalue weighted by Crippen LogP contribution is 2.33. The van der Waals surface area contributed by atoms with E-state index < -0.39 is 11.7 Å². The van der Waals surface area contributed by atoms with E-state index in [0.717, 1.165) is 29.4 Å². The summed E-state index contributed by atoms with van der Waals surface area (Å²) < 4.78 is 16.8. The summed E-state index contributed by atoms with van der Waals surface area (Å²) in [5.74, 6) is 0.238. The second-order valence-corrected chi connectivity index (χ2v) is 11.2. The molecule has 0 saturated heterocycles. The molecule has 1 amide bonds. The first kappa shape index (κ1) is 27.4. The van der Waals surface area contributed by atoms with E-state index in [1.807, 2.05) is 71.0 Å². The highest BCUT2D eigenvalue weighted by atomic mass is 16.6. The maximum absolute atomic E-state index is 13.0. The number of fused-ring (bicyclic) bond motifs is 1. The first-order chi connectivity index (χ1) is 18.0. The molecular formula is C31H37NO6. The molecule has 0 unspecified atom stereocenters. The third-order valence-electron chi connectivity index (χ3n) is 7.20. The predicted octanol–water partition coefficient (Wildman–Crippen LogP) is 6.24. The van der Waals surface area contributed by atoms with Gasteiger partial charge in [-0.3, -0.25) is 4.79 Å². The Labute approximate surface area is 223 Å². The second-order valence-electron chi connectivity index (χ2n) is 11.2. The van der Waals surface area contributed by atoms with Crippen LogP contribution in [-0.2, 0) is 16.0 Å². The molecule has 202 valence electrons. The van der Waals surface area contributed by atoms with Crippen molar-refractivity contribution < 1.29 is 23.5 Å². The first-order valence-electron chi connectivity index (χ1n) is 13.3. The van der Waals surface area contributed by atoms with Gasteiger partial charge in [-0.25, -0.2) is 9.59 Å². The number of ether oxygens (including phenoxy) is 2. The molecule has 1 saturated carbocycles. The number of carbonyl (C=O) groups excluding carboxylic acids is 2. The van der Waals surface area contributed by atoms with Crippen molar-refractivity contribution in [2.45, 2.75) is 72.3 Å². The zero-order valence-electron chi connectivity index (χ0n) is 22.9. The van der Waals surface area contributed by atoms with Gasteiger partial charge in [0.05, 0.1) is 5.92 Å². The number of esters is 1. The van der Waals surface area contributed by atoms with E-state index in [2.05, 4.69) is 5.32 Å². The lowest BCUT2D eigenvalue weighted by molar-refractivity contribution is -0.140. The van der Waals surface area contributed by atoms with Gasteiger partial charge < -0.3 is 19.2 Å². The molecule has 1 heterocycles. The smallest absolute Gasteiger partial charge is 0.407 e. The van der Waals surface area contributed by atoms with Crippen LogP contribution in [0.5, 0.6) is 5.75 Å². The number of nitrogens with one attached hydrogen (secondary N) is 1. The molecule has 3 aromatic rings. The number of amides is 1. The summed E-state index contributed by atoms with van der Waals surface area (Å²) in [6.45, 7) is 9.77. The van der Waals surface area contributed by atoms with E-state index >= 15 is 0 Å². The summed E-state index contributed by atoms with van der Waals surface area (Å²) in [7, 11) is 0. The quantitative estimate of drug-likeness (QED) is 0.235. The van der Waals surface area contributed by atoms with Gasteiger partial charge in [-0.1, -0.05) is 30.3 Å². The van der Waals surface area contributed by atoms with Crippen molar-refractivity contribution in [3.05, 3.63) is 75.1 Å². The maximum Gasteiger partial charge on any atom is 0.407 e. The van der Waals surface area contributed by atoms with Gasteiger partial charge in [0.25, 0.3) is 0 Å². The molecule has 1 fully saturated rings. The summed E-state index contributed by atoms with van der Waals surface area (Å²) in [4.78, 5) is 37.8. The van der Waals surface area contributed by atoms with E-state index in [9.17, 15) is 14.4 Å². The minimum atomic E-state index is -0.530. The van der Waals surface area contributed by atoms with Crippen LogP contribution in [0.3, 0.4) is 0 Å². The van der Waals surface area contributed by atoms with Crippen molar-refractivity contribution in [3.8, 4) is 5.75 Å². The van der Waals surface area contributed by atoms with E-state index in [1.54, 1.807) is 6.07 Å². The van der Waals surface area contributed by atoms with Crippen molar-refractivity contribution >= 4 is 23.0 Å². The molecular weight excluding hydrogens is 482 g/mol. The van der Waals surface area contributed by atoms with Crippen molar-refractivity contribution in [2.75, 3.05) is 6.54 Å². The zero-order valence-corrected chi connectivity index (χ0v) is 22.9. The molecule has 38 heavy (non-hydrogen) atoms. The lowest BCUT2D eigenvalue weighted by Gasteiger charge is -2.28. The van der Waals surface area contributed by atoms with Crippen LogP contribution in [0.15, 0.2) is 51.7 Å². The SMILES string of the molecule is Cc1c(Cc2ccccc2)c(=O)oc2c(C)c(OC(=O)C3CCC(CNC(=O)OC(C)(C)C)CC3)ccc12. The molecule has 1 aromatic heterocycles. The molecule has 0 atom stereocenters. The molecule has 0 radical (unpaired) electrons. The minimum absolute atomic E-state index is 0.204. The summed E-state index contributed by atoms with van der Waals surface area (Å²) in [5, 5.41) is 3.67. The van der Waals surface area contributed by atoms with E-state index in [-0.39, 0.29) is 17.5 Å². The summed E-state index contributed by atoms with van der Waals surface area (Å²) >= 11 is 0. The maximum atomic E-state index is 13.0. The number of carbonyl (C=O) groups is 2. The van der Waals surface area contributed by atoms with Crippen molar-refractivity contribution in [3.63, 3.8) is 0 Å². The number of benzene rings is 2. The molecule has 7 nitrogen and oxygen atoms in total. The number of hydrogen-bond acceptors (Lipinski definition) is 6. The number of aryl methyl sites for hydroxylation is 2. The second kappa shape index (κ2) is 11.4. The predicted molar refractivity (Wildman–Crippen MR) is 147 cm³/mol. The normalized spacial score (nSPS) is 17.7. The van der Waals surface area contributed by atoms with Crippen LogP contribution < -0.4 is 15.7 Å². The summed E-state index contributed by atoms with van der Waals surface area (Å²) in [6.07, 6.45) is 3.12. The van der Waals surface area contributed by atoms with E-state index in [1.165, 1.54) is 0 Å². The molecule has 4 rings (SSSR count). The fourth-order valence-electron chi connectivity index (χ4n) is 5.02. The molecule has 1 aliphatic carbocycles. The van der Waals surface area contributed by atoms with E-state index in [4.69, 9.17) is 13.9 Å². The average Bonchev–Trinajstić information content (AvgIpc) is 2.87. The zero-order chi connectivity index (χ0) is 27.4. The van der Waals surface area contributed by atoms with Crippen LogP contribution >= 0.6 is 0 Å². The van der Waals surface area contributed by atoms with Gasteiger partial charge in [-0.05, 0) is 89.5 Å². The Balaban J connectivity index is 1.39. The molecule has 0 bridgehead atoms. The highest BCUT2D eigenvalue weighted by molar-refractivity contribution is 5.87. The monoisotopic (exact) mass is 519 g/mol. The van der Waals surface area contributed by atoms with Gasteiger partial charge in [0, 0.05) is 29.5 Å². The average molecular weight is 520 g/mol. The van der Waals surface area contributed by atoms with Gasteiger partial charge in [-0.15, -0.1) is 0 Å². The van der Waals surface area contributed by atoms with Gasteiger partial charge in [0.15, 0.2) is 0 Å². The highest BCUT2D eigenvalue weighted by Gasteiger charge is 2.29. The first-order valence-corrected chi connectivity index (χ1v) is 13.3. The fourth-order valence-corrected chi connectivity index (χ4v) is 5.02. The Hall–Kier alpha value is -3.61.